The van der Waals surface area contributed by atoms with Crippen molar-refractivity contribution in [2.24, 2.45) is 17.1 Å². The van der Waals surface area contributed by atoms with Crippen molar-refractivity contribution in [3.8, 4) is 0 Å². The smallest absolute Gasteiger partial charge is 0.0535 e. The van der Waals surface area contributed by atoms with Crippen LogP contribution in [0.1, 0.15) is 25.7 Å². The van der Waals surface area contributed by atoms with E-state index in [-0.39, 0.29) is 0 Å². The first-order valence-corrected chi connectivity index (χ1v) is 5.70. The van der Waals surface area contributed by atoms with Crippen LogP contribution in [0.4, 0.5) is 0 Å². The molecular weight excluding hydrogens is 178 g/mol. The standard InChI is InChI=1S/C11H21NO2/c12-8-11(3-6-14-9-11)7-10-1-4-13-5-2-10/h10H,1-9,12H2. The normalized spacial score (nSPS) is 34.9. The highest BCUT2D eigenvalue weighted by molar-refractivity contribution is 4.87. The first-order valence-electron chi connectivity index (χ1n) is 5.70. The minimum absolute atomic E-state index is 0.294. The summed E-state index contributed by atoms with van der Waals surface area (Å²) >= 11 is 0. The minimum atomic E-state index is 0.294. The molecule has 0 spiro atoms. The van der Waals surface area contributed by atoms with Crippen LogP contribution in [0.5, 0.6) is 0 Å². The van der Waals surface area contributed by atoms with Crippen LogP contribution in [-0.2, 0) is 9.47 Å². The zero-order valence-electron chi connectivity index (χ0n) is 8.84. The van der Waals surface area contributed by atoms with Gasteiger partial charge in [-0.05, 0) is 31.6 Å². The SMILES string of the molecule is NCC1(CC2CCOCC2)CCOC1. The molecule has 2 fully saturated rings. The van der Waals surface area contributed by atoms with E-state index in [1.54, 1.807) is 0 Å². The third-order valence-electron chi connectivity index (χ3n) is 3.68. The molecule has 2 N–H and O–H groups in total. The Morgan fingerprint density at radius 3 is 2.50 bits per heavy atom. The molecular formula is C11H21NO2. The van der Waals surface area contributed by atoms with Crippen LogP contribution >= 0.6 is 0 Å². The van der Waals surface area contributed by atoms with Crippen molar-refractivity contribution in [3.63, 3.8) is 0 Å². The highest BCUT2D eigenvalue weighted by Gasteiger charge is 2.36. The van der Waals surface area contributed by atoms with E-state index < -0.39 is 0 Å². The Morgan fingerprint density at radius 2 is 1.93 bits per heavy atom. The van der Waals surface area contributed by atoms with E-state index in [0.717, 1.165) is 45.3 Å². The lowest BCUT2D eigenvalue weighted by atomic mass is 9.76. The van der Waals surface area contributed by atoms with Crippen molar-refractivity contribution in [1.82, 2.24) is 0 Å². The molecule has 0 aromatic heterocycles. The Balaban J connectivity index is 1.86. The zero-order chi connectivity index (χ0) is 9.86. The molecule has 3 nitrogen and oxygen atoms in total. The van der Waals surface area contributed by atoms with Gasteiger partial charge < -0.3 is 15.2 Å². The highest BCUT2D eigenvalue weighted by atomic mass is 16.5. The molecule has 0 radical (unpaired) electrons. The third-order valence-corrected chi connectivity index (χ3v) is 3.68. The molecule has 82 valence electrons. The Kier molecular flexibility index (Phi) is 3.42. The molecule has 2 aliphatic heterocycles. The molecule has 1 unspecified atom stereocenters. The Labute approximate surface area is 85.9 Å². The minimum Gasteiger partial charge on any atom is -0.381 e. The van der Waals surface area contributed by atoms with Gasteiger partial charge in [0.15, 0.2) is 0 Å². The molecule has 0 aromatic rings. The number of hydrogen-bond donors (Lipinski definition) is 1. The van der Waals surface area contributed by atoms with Crippen molar-refractivity contribution in [3.05, 3.63) is 0 Å². The van der Waals surface area contributed by atoms with Crippen LogP contribution in [0.2, 0.25) is 0 Å². The topological polar surface area (TPSA) is 44.5 Å². The van der Waals surface area contributed by atoms with Gasteiger partial charge in [-0.2, -0.15) is 0 Å². The predicted molar refractivity (Wildman–Crippen MR) is 55.1 cm³/mol. The molecule has 2 aliphatic rings. The molecule has 1 atom stereocenters. The first-order chi connectivity index (χ1) is 6.85. The fourth-order valence-corrected chi connectivity index (χ4v) is 2.62. The van der Waals surface area contributed by atoms with E-state index in [4.69, 9.17) is 15.2 Å². The third kappa shape index (κ3) is 2.27. The van der Waals surface area contributed by atoms with E-state index in [9.17, 15) is 0 Å². The van der Waals surface area contributed by atoms with Gasteiger partial charge in [-0.3, -0.25) is 0 Å². The van der Waals surface area contributed by atoms with Crippen LogP contribution < -0.4 is 5.73 Å². The Hall–Kier alpha value is -0.120. The van der Waals surface area contributed by atoms with Crippen LogP contribution in [0, 0.1) is 11.3 Å². The van der Waals surface area contributed by atoms with Gasteiger partial charge in [0.05, 0.1) is 6.61 Å². The van der Waals surface area contributed by atoms with Crippen LogP contribution in [0.3, 0.4) is 0 Å². The summed E-state index contributed by atoms with van der Waals surface area (Å²) in [5.41, 5.74) is 6.17. The molecule has 0 amide bonds. The summed E-state index contributed by atoms with van der Waals surface area (Å²) in [6, 6.07) is 0. The van der Waals surface area contributed by atoms with Gasteiger partial charge in [0, 0.05) is 31.8 Å². The summed E-state index contributed by atoms with van der Waals surface area (Å²) in [7, 11) is 0. The lowest BCUT2D eigenvalue weighted by Crippen LogP contribution is -2.34. The molecule has 0 saturated carbocycles. The lowest BCUT2D eigenvalue weighted by molar-refractivity contribution is 0.0443. The van der Waals surface area contributed by atoms with Crippen molar-refractivity contribution in [1.29, 1.82) is 0 Å². The summed E-state index contributed by atoms with van der Waals surface area (Å²) in [4.78, 5) is 0. The van der Waals surface area contributed by atoms with E-state index in [2.05, 4.69) is 0 Å². The van der Waals surface area contributed by atoms with E-state index in [0.29, 0.717) is 5.41 Å². The average molecular weight is 199 g/mol. The maximum atomic E-state index is 5.87. The molecule has 2 heterocycles. The Morgan fingerprint density at radius 1 is 1.14 bits per heavy atom. The van der Waals surface area contributed by atoms with Gasteiger partial charge in [-0.1, -0.05) is 0 Å². The Bertz CT molecular complexity index is 172. The van der Waals surface area contributed by atoms with Gasteiger partial charge in [0.25, 0.3) is 0 Å². The van der Waals surface area contributed by atoms with E-state index >= 15 is 0 Å². The fourth-order valence-electron chi connectivity index (χ4n) is 2.62. The molecule has 3 heteroatoms. The average Bonchev–Trinajstić information content (AvgIpc) is 2.69. The summed E-state index contributed by atoms with van der Waals surface area (Å²) in [6.07, 6.45) is 4.82. The van der Waals surface area contributed by atoms with E-state index in [1.807, 2.05) is 0 Å². The van der Waals surface area contributed by atoms with Crippen LogP contribution in [-0.4, -0.2) is 33.0 Å². The summed E-state index contributed by atoms with van der Waals surface area (Å²) in [6.45, 7) is 4.43. The molecule has 0 aliphatic carbocycles. The van der Waals surface area contributed by atoms with Gasteiger partial charge in [0.2, 0.25) is 0 Å². The van der Waals surface area contributed by atoms with Crippen LogP contribution in [0.15, 0.2) is 0 Å². The molecule has 14 heavy (non-hydrogen) atoms. The van der Waals surface area contributed by atoms with Gasteiger partial charge in [-0.25, -0.2) is 0 Å². The second kappa shape index (κ2) is 4.60. The summed E-state index contributed by atoms with van der Waals surface area (Å²) < 4.78 is 10.8. The molecule has 0 bridgehead atoms. The predicted octanol–water partition coefficient (Wildman–Crippen LogP) is 1.17. The van der Waals surface area contributed by atoms with E-state index in [1.165, 1.54) is 19.3 Å². The van der Waals surface area contributed by atoms with Crippen molar-refractivity contribution in [2.75, 3.05) is 33.0 Å². The number of ether oxygens (including phenoxy) is 2. The quantitative estimate of drug-likeness (QED) is 0.742. The largest absolute Gasteiger partial charge is 0.381 e. The maximum absolute atomic E-state index is 5.87. The fraction of sp³-hybridized carbons (Fsp3) is 1.00. The highest BCUT2D eigenvalue weighted by Crippen LogP contribution is 2.37. The lowest BCUT2D eigenvalue weighted by Gasteiger charge is -2.32. The number of nitrogens with two attached hydrogens (primary N) is 1. The van der Waals surface area contributed by atoms with Gasteiger partial charge >= 0.3 is 0 Å². The maximum Gasteiger partial charge on any atom is 0.0535 e. The summed E-state index contributed by atoms with van der Waals surface area (Å²) in [5.74, 6) is 0.814. The number of rotatable bonds is 3. The first kappa shape index (κ1) is 10.4. The monoisotopic (exact) mass is 199 g/mol. The van der Waals surface area contributed by atoms with Gasteiger partial charge in [-0.15, -0.1) is 0 Å². The second-order valence-electron chi connectivity index (χ2n) is 4.77. The summed E-state index contributed by atoms with van der Waals surface area (Å²) in [5, 5.41) is 0. The molecule has 2 saturated heterocycles. The second-order valence-corrected chi connectivity index (χ2v) is 4.77. The zero-order valence-corrected chi connectivity index (χ0v) is 8.84. The van der Waals surface area contributed by atoms with Crippen molar-refractivity contribution in [2.45, 2.75) is 25.7 Å². The van der Waals surface area contributed by atoms with Crippen molar-refractivity contribution >= 4 is 0 Å². The number of hydrogen-bond acceptors (Lipinski definition) is 3. The van der Waals surface area contributed by atoms with Crippen molar-refractivity contribution < 1.29 is 9.47 Å². The molecule has 2 rings (SSSR count). The van der Waals surface area contributed by atoms with Crippen LogP contribution in [0.25, 0.3) is 0 Å². The van der Waals surface area contributed by atoms with Gasteiger partial charge in [0.1, 0.15) is 0 Å². The molecule has 0 aromatic carbocycles.